The van der Waals surface area contributed by atoms with Crippen molar-refractivity contribution in [1.29, 1.82) is 0 Å². The number of hydrogen-bond acceptors (Lipinski definition) is 3. The molecule has 7 heteroatoms. The molecule has 0 spiro atoms. The highest BCUT2D eigenvalue weighted by molar-refractivity contribution is 7.89. The van der Waals surface area contributed by atoms with Crippen LogP contribution in [0.1, 0.15) is 44.9 Å². The molecular weight excluding hydrogens is 396 g/mol. The maximum atomic E-state index is 12.6. The van der Waals surface area contributed by atoms with Crippen LogP contribution in [0, 0.1) is 0 Å². The average Bonchev–Trinajstić information content (AvgIpc) is 2.61. The smallest absolute Gasteiger partial charge is 0.243 e. The molecule has 2 aromatic rings. The zero-order valence-corrected chi connectivity index (χ0v) is 18.4. The van der Waals surface area contributed by atoms with Gasteiger partial charge in [-0.1, -0.05) is 56.6 Å². The average molecular weight is 423 g/mol. The molecule has 0 aromatic heterocycles. The Morgan fingerprint density at radius 3 is 2.11 bits per heavy atom. The van der Waals surface area contributed by atoms with Crippen LogP contribution in [0.4, 0.5) is 0 Å². The number of carbonyl (C=O) groups excluding carboxylic acids is 1. The topological polar surface area (TPSA) is 66.5 Å². The van der Waals surface area contributed by atoms with Crippen molar-refractivity contribution in [2.75, 3.05) is 13.6 Å². The van der Waals surface area contributed by atoms with Crippen molar-refractivity contribution in [3.05, 3.63) is 64.7 Å². The predicted octanol–water partition coefficient (Wildman–Crippen LogP) is 4.14. The van der Waals surface area contributed by atoms with Gasteiger partial charge in [0.05, 0.1) is 17.5 Å². The molecule has 0 bridgehead atoms. The lowest BCUT2D eigenvalue weighted by Crippen LogP contribution is -2.39. The van der Waals surface area contributed by atoms with E-state index in [1.807, 2.05) is 19.1 Å². The van der Waals surface area contributed by atoms with Gasteiger partial charge in [-0.25, -0.2) is 8.42 Å². The predicted molar refractivity (Wildman–Crippen MR) is 113 cm³/mol. The fourth-order valence-corrected chi connectivity index (χ4v) is 3.97. The molecule has 5 nitrogen and oxygen atoms in total. The first kappa shape index (κ1) is 22.4. The van der Waals surface area contributed by atoms with Crippen molar-refractivity contribution in [1.82, 2.24) is 9.62 Å². The van der Waals surface area contributed by atoms with Crippen LogP contribution in [-0.2, 0) is 20.2 Å². The monoisotopic (exact) mass is 422 g/mol. The van der Waals surface area contributed by atoms with Gasteiger partial charge in [0.1, 0.15) is 0 Å². The fraction of sp³-hybridized carbons (Fsp3) is 0.381. The summed E-state index contributed by atoms with van der Waals surface area (Å²) in [6, 6.07) is 13.7. The third-order valence-electron chi connectivity index (χ3n) is 4.54. The van der Waals surface area contributed by atoms with Gasteiger partial charge in [0, 0.05) is 12.1 Å². The Bertz CT molecular complexity index is 918. The summed E-state index contributed by atoms with van der Waals surface area (Å²) in [5.74, 6) is -0.368. The molecule has 0 aliphatic rings. The highest BCUT2D eigenvalue weighted by Gasteiger charge is 2.23. The third kappa shape index (κ3) is 5.56. The van der Waals surface area contributed by atoms with Gasteiger partial charge in [-0.3, -0.25) is 4.79 Å². The van der Waals surface area contributed by atoms with E-state index in [4.69, 9.17) is 11.6 Å². The highest BCUT2D eigenvalue weighted by atomic mass is 35.5. The number of sulfonamides is 1. The number of nitrogens with zero attached hydrogens (tertiary/aromatic N) is 1. The minimum Gasteiger partial charge on any atom is -0.348 e. The van der Waals surface area contributed by atoms with Crippen molar-refractivity contribution in [2.45, 2.75) is 44.0 Å². The zero-order chi connectivity index (χ0) is 21.1. The van der Waals surface area contributed by atoms with Crippen molar-refractivity contribution in [2.24, 2.45) is 0 Å². The standard InChI is InChI=1S/C21H27ClN2O3S/c1-15(16-6-8-17(9-7-16)21(2,3)4)23-20(25)14-24(5)28(26,27)19-12-10-18(22)11-13-19/h6-13,15H,14H2,1-5H3,(H,23,25)/t15-/m1/s1. The van der Waals surface area contributed by atoms with Gasteiger partial charge in [0.2, 0.25) is 15.9 Å². The van der Waals surface area contributed by atoms with Gasteiger partial charge in [-0.05, 0) is 47.7 Å². The number of nitrogens with one attached hydrogen (secondary N) is 1. The Kier molecular flexibility index (Phi) is 6.91. The molecule has 1 amide bonds. The molecule has 0 aliphatic carbocycles. The zero-order valence-electron chi connectivity index (χ0n) is 16.9. The van der Waals surface area contributed by atoms with E-state index in [-0.39, 0.29) is 28.8 Å². The van der Waals surface area contributed by atoms with E-state index < -0.39 is 10.0 Å². The maximum Gasteiger partial charge on any atom is 0.243 e. The van der Waals surface area contributed by atoms with Crippen LogP contribution in [0.15, 0.2) is 53.4 Å². The Labute approximate surface area is 172 Å². The van der Waals surface area contributed by atoms with Gasteiger partial charge in [0.15, 0.2) is 0 Å². The minimum atomic E-state index is -3.76. The van der Waals surface area contributed by atoms with Crippen molar-refractivity contribution < 1.29 is 13.2 Å². The van der Waals surface area contributed by atoms with Crippen LogP contribution in [0.3, 0.4) is 0 Å². The first-order valence-electron chi connectivity index (χ1n) is 9.03. The molecule has 152 valence electrons. The van der Waals surface area contributed by atoms with Crippen LogP contribution >= 0.6 is 11.6 Å². The molecule has 28 heavy (non-hydrogen) atoms. The lowest BCUT2D eigenvalue weighted by atomic mass is 9.86. The first-order chi connectivity index (χ1) is 12.9. The SMILES string of the molecule is C[C@@H](NC(=O)CN(C)S(=O)(=O)c1ccc(Cl)cc1)c1ccc(C(C)(C)C)cc1. The van der Waals surface area contributed by atoms with Crippen LogP contribution in [-0.4, -0.2) is 32.2 Å². The van der Waals surface area contributed by atoms with Crippen molar-refractivity contribution in [3.8, 4) is 0 Å². The Morgan fingerprint density at radius 1 is 1.07 bits per heavy atom. The molecule has 0 saturated carbocycles. The van der Waals surface area contributed by atoms with E-state index in [9.17, 15) is 13.2 Å². The molecular formula is C21H27ClN2O3S. The summed E-state index contributed by atoms with van der Waals surface area (Å²) in [5, 5.41) is 3.30. The number of carbonyl (C=O) groups is 1. The summed E-state index contributed by atoms with van der Waals surface area (Å²) < 4.78 is 26.2. The van der Waals surface area contributed by atoms with E-state index in [0.29, 0.717) is 5.02 Å². The number of likely N-dealkylation sites (N-methyl/N-ethyl adjacent to an activating group) is 1. The molecule has 0 saturated heterocycles. The highest BCUT2D eigenvalue weighted by Crippen LogP contribution is 2.24. The maximum absolute atomic E-state index is 12.6. The number of rotatable bonds is 6. The molecule has 0 unspecified atom stereocenters. The summed E-state index contributed by atoms with van der Waals surface area (Å²) in [6.45, 7) is 8.03. The molecule has 0 radical (unpaired) electrons. The van der Waals surface area contributed by atoms with Gasteiger partial charge in [-0.15, -0.1) is 0 Å². The second-order valence-electron chi connectivity index (χ2n) is 7.88. The number of amides is 1. The van der Waals surface area contributed by atoms with E-state index in [0.717, 1.165) is 9.87 Å². The second kappa shape index (κ2) is 8.64. The van der Waals surface area contributed by atoms with Crippen LogP contribution in [0.2, 0.25) is 5.02 Å². The van der Waals surface area contributed by atoms with Gasteiger partial charge < -0.3 is 5.32 Å². The van der Waals surface area contributed by atoms with Gasteiger partial charge in [0.25, 0.3) is 0 Å². The van der Waals surface area contributed by atoms with Crippen LogP contribution in [0.25, 0.3) is 0 Å². The van der Waals surface area contributed by atoms with Crippen LogP contribution in [0.5, 0.6) is 0 Å². The van der Waals surface area contributed by atoms with Crippen LogP contribution < -0.4 is 5.32 Å². The first-order valence-corrected chi connectivity index (χ1v) is 10.8. The molecule has 2 aromatic carbocycles. The van der Waals surface area contributed by atoms with E-state index in [2.05, 4.69) is 38.2 Å². The third-order valence-corrected chi connectivity index (χ3v) is 6.61. The molecule has 0 heterocycles. The van der Waals surface area contributed by atoms with E-state index in [1.165, 1.54) is 36.9 Å². The van der Waals surface area contributed by atoms with E-state index >= 15 is 0 Å². The summed E-state index contributed by atoms with van der Waals surface area (Å²) in [4.78, 5) is 12.5. The van der Waals surface area contributed by atoms with Crippen molar-refractivity contribution >= 4 is 27.5 Å². The number of benzene rings is 2. The molecule has 0 aliphatic heterocycles. The normalized spacial score (nSPS) is 13.4. The fourth-order valence-electron chi connectivity index (χ4n) is 2.72. The second-order valence-corrected chi connectivity index (χ2v) is 10.4. The molecule has 1 atom stereocenters. The summed E-state index contributed by atoms with van der Waals surface area (Å²) in [7, 11) is -2.38. The summed E-state index contributed by atoms with van der Waals surface area (Å²) in [6.07, 6.45) is 0. The van der Waals surface area contributed by atoms with Gasteiger partial charge >= 0.3 is 0 Å². The lowest BCUT2D eigenvalue weighted by Gasteiger charge is -2.22. The van der Waals surface area contributed by atoms with Crippen molar-refractivity contribution in [3.63, 3.8) is 0 Å². The number of halogens is 1. The Morgan fingerprint density at radius 2 is 1.61 bits per heavy atom. The summed E-state index contributed by atoms with van der Waals surface area (Å²) in [5.41, 5.74) is 2.23. The lowest BCUT2D eigenvalue weighted by molar-refractivity contribution is -0.121. The summed E-state index contributed by atoms with van der Waals surface area (Å²) >= 11 is 5.80. The Hall–Kier alpha value is -1.89. The molecule has 2 rings (SSSR count). The molecule has 1 N–H and O–H groups in total. The Balaban J connectivity index is 2.01. The number of hydrogen-bond donors (Lipinski definition) is 1. The largest absolute Gasteiger partial charge is 0.348 e. The quantitative estimate of drug-likeness (QED) is 0.760. The van der Waals surface area contributed by atoms with Gasteiger partial charge in [-0.2, -0.15) is 4.31 Å². The van der Waals surface area contributed by atoms with E-state index in [1.54, 1.807) is 0 Å². The minimum absolute atomic E-state index is 0.0593. The molecule has 0 fully saturated rings.